The molecule has 2 aromatic heterocycles. The summed E-state index contributed by atoms with van der Waals surface area (Å²) >= 11 is 0. The minimum atomic E-state index is 0.0474. The van der Waals surface area contributed by atoms with Crippen LogP contribution in [0.15, 0.2) is 65.5 Å². The van der Waals surface area contributed by atoms with Crippen LogP contribution in [-0.2, 0) is 4.79 Å². The lowest BCUT2D eigenvalue weighted by molar-refractivity contribution is -0.125. The van der Waals surface area contributed by atoms with Gasteiger partial charge in [-0.1, -0.05) is 24.3 Å². The molecule has 4 aromatic rings. The number of benzene rings is 2. The third-order valence-electron chi connectivity index (χ3n) is 6.98. The molecule has 2 saturated carbocycles. The van der Waals surface area contributed by atoms with Crippen molar-refractivity contribution in [2.75, 3.05) is 0 Å². The van der Waals surface area contributed by atoms with Crippen LogP contribution in [0.25, 0.3) is 33.8 Å². The van der Waals surface area contributed by atoms with Crippen LogP contribution in [0, 0.1) is 5.92 Å². The third-order valence-corrected chi connectivity index (χ3v) is 6.98. The van der Waals surface area contributed by atoms with Crippen LogP contribution in [0.5, 0.6) is 0 Å². The standard InChI is InChI=1S/C26H26N4O2/c1-26(12-13-26)29-24(31)19-10-11-20(14-19)30-16-27-15-22(30)17-6-8-18(9-7-17)25-28-21-4-2-3-5-23(21)32-25/h2-9,15-16,19-20H,10-14H2,1H3,(H,29,31)/t19-,20+/m0/s1. The van der Waals surface area contributed by atoms with E-state index < -0.39 is 0 Å². The van der Waals surface area contributed by atoms with E-state index in [2.05, 4.69) is 38.9 Å². The Morgan fingerprint density at radius 2 is 1.88 bits per heavy atom. The van der Waals surface area contributed by atoms with Crippen LogP contribution >= 0.6 is 0 Å². The Morgan fingerprint density at radius 3 is 2.66 bits per heavy atom. The lowest BCUT2D eigenvalue weighted by Crippen LogP contribution is -2.38. The number of hydrogen-bond donors (Lipinski definition) is 1. The van der Waals surface area contributed by atoms with Gasteiger partial charge in [-0.2, -0.15) is 0 Å². The Morgan fingerprint density at radius 1 is 1.09 bits per heavy atom. The zero-order valence-electron chi connectivity index (χ0n) is 18.1. The monoisotopic (exact) mass is 426 g/mol. The van der Waals surface area contributed by atoms with E-state index in [4.69, 9.17) is 4.42 Å². The summed E-state index contributed by atoms with van der Waals surface area (Å²) in [7, 11) is 0. The molecule has 0 spiro atoms. The molecule has 32 heavy (non-hydrogen) atoms. The first-order valence-electron chi connectivity index (χ1n) is 11.4. The van der Waals surface area contributed by atoms with Crippen molar-refractivity contribution >= 4 is 17.0 Å². The number of para-hydroxylation sites is 2. The van der Waals surface area contributed by atoms with E-state index in [1.54, 1.807) is 0 Å². The minimum absolute atomic E-state index is 0.0474. The van der Waals surface area contributed by atoms with Gasteiger partial charge in [-0.15, -0.1) is 0 Å². The maximum atomic E-state index is 12.7. The van der Waals surface area contributed by atoms with Gasteiger partial charge in [0.15, 0.2) is 5.58 Å². The summed E-state index contributed by atoms with van der Waals surface area (Å²) in [5.41, 5.74) is 4.82. The summed E-state index contributed by atoms with van der Waals surface area (Å²) in [6.45, 7) is 2.13. The molecule has 6 nitrogen and oxygen atoms in total. The predicted octanol–water partition coefficient (Wildman–Crippen LogP) is 5.37. The fraction of sp³-hybridized carbons (Fsp3) is 0.346. The fourth-order valence-electron chi connectivity index (χ4n) is 4.76. The highest BCUT2D eigenvalue weighted by Crippen LogP contribution is 2.40. The van der Waals surface area contributed by atoms with Crippen LogP contribution in [-0.4, -0.2) is 26.0 Å². The average molecular weight is 427 g/mol. The molecule has 2 fully saturated rings. The van der Waals surface area contributed by atoms with Crippen molar-refractivity contribution in [2.24, 2.45) is 5.92 Å². The highest BCUT2D eigenvalue weighted by molar-refractivity contribution is 5.80. The molecule has 0 bridgehead atoms. The number of carbonyl (C=O) groups excluding carboxylic acids is 1. The summed E-state index contributed by atoms with van der Waals surface area (Å²) in [6, 6.07) is 16.3. The molecule has 2 heterocycles. The van der Waals surface area contributed by atoms with Crippen molar-refractivity contribution in [3.05, 3.63) is 61.1 Å². The summed E-state index contributed by atoms with van der Waals surface area (Å²) in [6.07, 6.45) is 8.80. The van der Waals surface area contributed by atoms with E-state index in [-0.39, 0.29) is 17.4 Å². The van der Waals surface area contributed by atoms with Crippen LogP contribution in [0.1, 0.15) is 45.1 Å². The number of hydrogen-bond acceptors (Lipinski definition) is 4. The van der Waals surface area contributed by atoms with E-state index in [9.17, 15) is 4.79 Å². The summed E-state index contributed by atoms with van der Waals surface area (Å²) in [4.78, 5) is 21.7. The van der Waals surface area contributed by atoms with Crippen LogP contribution in [0.2, 0.25) is 0 Å². The van der Waals surface area contributed by atoms with Crippen molar-refractivity contribution in [2.45, 2.75) is 50.6 Å². The number of oxazole rings is 1. The highest BCUT2D eigenvalue weighted by atomic mass is 16.3. The van der Waals surface area contributed by atoms with E-state index in [1.807, 2.05) is 48.9 Å². The number of fused-ring (bicyclic) bond motifs is 1. The smallest absolute Gasteiger partial charge is 0.227 e. The molecule has 2 aliphatic rings. The second kappa shape index (κ2) is 7.33. The van der Waals surface area contributed by atoms with Crippen molar-refractivity contribution < 1.29 is 9.21 Å². The van der Waals surface area contributed by atoms with Gasteiger partial charge in [-0.3, -0.25) is 4.79 Å². The third kappa shape index (κ3) is 3.49. The number of nitrogens with zero attached hydrogens (tertiary/aromatic N) is 3. The number of nitrogens with one attached hydrogen (secondary N) is 1. The van der Waals surface area contributed by atoms with Crippen molar-refractivity contribution in [1.82, 2.24) is 19.9 Å². The first-order valence-corrected chi connectivity index (χ1v) is 11.4. The molecule has 0 unspecified atom stereocenters. The van der Waals surface area contributed by atoms with Crippen molar-refractivity contribution in [1.29, 1.82) is 0 Å². The molecular weight excluding hydrogens is 400 g/mol. The number of carbonyl (C=O) groups is 1. The number of rotatable bonds is 5. The normalized spacial score (nSPS) is 21.7. The minimum Gasteiger partial charge on any atom is -0.436 e. The first kappa shape index (κ1) is 19.3. The SMILES string of the molecule is CC1(NC(=O)[C@H]2CC[C@@H](n3cncc3-c3ccc(-c4nc5ccccc5o4)cc3)C2)CC1. The predicted molar refractivity (Wildman–Crippen MR) is 123 cm³/mol. The lowest BCUT2D eigenvalue weighted by Gasteiger charge is -2.18. The summed E-state index contributed by atoms with van der Waals surface area (Å²) in [5.74, 6) is 0.936. The van der Waals surface area contributed by atoms with E-state index in [0.717, 1.165) is 60.0 Å². The fourth-order valence-corrected chi connectivity index (χ4v) is 4.76. The largest absolute Gasteiger partial charge is 0.436 e. The topological polar surface area (TPSA) is 73.0 Å². The van der Waals surface area contributed by atoms with Crippen LogP contribution < -0.4 is 5.32 Å². The highest BCUT2D eigenvalue weighted by Gasteiger charge is 2.41. The van der Waals surface area contributed by atoms with Gasteiger partial charge < -0.3 is 14.3 Å². The molecule has 2 aliphatic carbocycles. The Kier molecular flexibility index (Phi) is 4.42. The number of amides is 1. The molecule has 0 aliphatic heterocycles. The van der Waals surface area contributed by atoms with E-state index in [1.165, 1.54) is 0 Å². The maximum absolute atomic E-state index is 12.7. The van der Waals surface area contributed by atoms with E-state index >= 15 is 0 Å². The van der Waals surface area contributed by atoms with Gasteiger partial charge in [-0.25, -0.2) is 9.97 Å². The van der Waals surface area contributed by atoms with Gasteiger partial charge in [-0.05, 0) is 68.9 Å². The molecule has 0 radical (unpaired) electrons. The Bertz CT molecular complexity index is 1250. The molecule has 1 N–H and O–H groups in total. The zero-order valence-corrected chi connectivity index (χ0v) is 18.1. The molecule has 1 amide bonds. The molecule has 162 valence electrons. The Labute approximate surface area is 186 Å². The first-order chi connectivity index (χ1) is 15.6. The Hall–Kier alpha value is -3.41. The number of aromatic nitrogens is 3. The molecule has 6 heteroatoms. The maximum Gasteiger partial charge on any atom is 0.227 e. The van der Waals surface area contributed by atoms with Crippen LogP contribution in [0.4, 0.5) is 0 Å². The van der Waals surface area contributed by atoms with Gasteiger partial charge in [0.25, 0.3) is 0 Å². The molecular formula is C26H26N4O2. The van der Waals surface area contributed by atoms with Gasteiger partial charge in [0, 0.05) is 23.1 Å². The molecule has 2 atom stereocenters. The van der Waals surface area contributed by atoms with Crippen LogP contribution in [0.3, 0.4) is 0 Å². The molecule has 0 saturated heterocycles. The molecule has 6 rings (SSSR count). The van der Waals surface area contributed by atoms with Crippen molar-refractivity contribution in [3.8, 4) is 22.7 Å². The quantitative estimate of drug-likeness (QED) is 0.466. The second-order valence-electron chi connectivity index (χ2n) is 9.46. The lowest BCUT2D eigenvalue weighted by atomic mass is 10.1. The van der Waals surface area contributed by atoms with Gasteiger partial charge in [0.2, 0.25) is 11.8 Å². The Balaban J connectivity index is 1.20. The number of imidazole rings is 1. The van der Waals surface area contributed by atoms with Gasteiger partial charge in [0.1, 0.15) is 5.52 Å². The van der Waals surface area contributed by atoms with Gasteiger partial charge >= 0.3 is 0 Å². The van der Waals surface area contributed by atoms with Gasteiger partial charge in [0.05, 0.1) is 18.2 Å². The van der Waals surface area contributed by atoms with Crippen molar-refractivity contribution in [3.63, 3.8) is 0 Å². The average Bonchev–Trinajstić information content (AvgIpc) is 3.26. The zero-order chi connectivity index (χ0) is 21.7. The summed E-state index contributed by atoms with van der Waals surface area (Å²) < 4.78 is 8.13. The molecule has 2 aromatic carbocycles. The summed E-state index contributed by atoms with van der Waals surface area (Å²) in [5, 5.41) is 3.24. The van der Waals surface area contributed by atoms with E-state index in [0.29, 0.717) is 11.9 Å². The second-order valence-corrected chi connectivity index (χ2v) is 9.46.